The predicted molar refractivity (Wildman–Crippen MR) is 109 cm³/mol. The third kappa shape index (κ3) is 4.59. The molecule has 0 saturated heterocycles. The van der Waals surface area contributed by atoms with Gasteiger partial charge in [0, 0.05) is 5.39 Å². The SMILES string of the molecule is Cc1ccc(C)c(OCC(=O)NCCOc2cccc3ccccc23)c1C. The highest BCUT2D eigenvalue weighted by Gasteiger charge is 2.09. The molecule has 0 unspecified atom stereocenters. The second-order valence-corrected chi connectivity index (χ2v) is 6.62. The van der Waals surface area contributed by atoms with Crippen LogP contribution in [0.4, 0.5) is 0 Å². The van der Waals surface area contributed by atoms with E-state index in [1.54, 1.807) is 0 Å². The summed E-state index contributed by atoms with van der Waals surface area (Å²) in [6.07, 6.45) is 0. The van der Waals surface area contributed by atoms with E-state index in [-0.39, 0.29) is 12.5 Å². The Balaban J connectivity index is 1.47. The van der Waals surface area contributed by atoms with E-state index in [2.05, 4.69) is 23.5 Å². The Morgan fingerprint density at radius 1 is 0.889 bits per heavy atom. The highest BCUT2D eigenvalue weighted by molar-refractivity contribution is 5.88. The third-order valence-electron chi connectivity index (χ3n) is 4.65. The molecular weight excluding hydrogens is 338 g/mol. The average molecular weight is 363 g/mol. The molecule has 4 nitrogen and oxygen atoms in total. The number of carbonyl (C=O) groups excluding carboxylic acids is 1. The van der Waals surface area contributed by atoms with Crippen LogP contribution in [0, 0.1) is 20.8 Å². The third-order valence-corrected chi connectivity index (χ3v) is 4.65. The quantitative estimate of drug-likeness (QED) is 0.635. The zero-order valence-corrected chi connectivity index (χ0v) is 16.0. The molecule has 140 valence electrons. The van der Waals surface area contributed by atoms with E-state index < -0.39 is 0 Å². The van der Waals surface area contributed by atoms with Crippen LogP contribution >= 0.6 is 0 Å². The molecular formula is C23H25NO3. The number of rotatable bonds is 7. The molecule has 4 heteroatoms. The zero-order valence-electron chi connectivity index (χ0n) is 16.0. The van der Waals surface area contributed by atoms with Crippen LogP contribution in [-0.4, -0.2) is 25.7 Å². The lowest BCUT2D eigenvalue weighted by atomic mass is 10.1. The summed E-state index contributed by atoms with van der Waals surface area (Å²) in [7, 11) is 0. The monoisotopic (exact) mass is 363 g/mol. The molecule has 1 N–H and O–H groups in total. The van der Waals surface area contributed by atoms with Crippen molar-refractivity contribution >= 4 is 16.7 Å². The minimum atomic E-state index is -0.156. The number of ether oxygens (including phenoxy) is 2. The van der Waals surface area contributed by atoms with Crippen LogP contribution in [0.1, 0.15) is 16.7 Å². The molecule has 1 amide bonds. The fourth-order valence-electron chi connectivity index (χ4n) is 3.01. The van der Waals surface area contributed by atoms with E-state index in [9.17, 15) is 4.79 Å². The van der Waals surface area contributed by atoms with Crippen LogP contribution in [0.5, 0.6) is 11.5 Å². The van der Waals surface area contributed by atoms with E-state index in [0.717, 1.165) is 39.0 Å². The van der Waals surface area contributed by atoms with Crippen molar-refractivity contribution < 1.29 is 14.3 Å². The topological polar surface area (TPSA) is 47.6 Å². The number of carbonyl (C=O) groups is 1. The first-order valence-corrected chi connectivity index (χ1v) is 9.13. The summed E-state index contributed by atoms with van der Waals surface area (Å²) < 4.78 is 11.6. The molecule has 0 aliphatic carbocycles. The van der Waals surface area contributed by atoms with Crippen molar-refractivity contribution in [1.82, 2.24) is 5.32 Å². The molecule has 3 rings (SSSR count). The Morgan fingerprint density at radius 2 is 1.63 bits per heavy atom. The van der Waals surface area contributed by atoms with Crippen molar-refractivity contribution in [3.05, 3.63) is 71.3 Å². The van der Waals surface area contributed by atoms with Gasteiger partial charge < -0.3 is 14.8 Å². The fourth-order valence-corrected chi connectivity index (χ4v) is 3.01. The molecule has 0 aliphatic rings. The Hall–Kier alpha value is -3.01. The van der Waals surface area contributed by atoms with Gasteiger partial charge in [-0.25, -0.2) is 0 Å². The number of hydrogen-bond acceptors (Lipinski definition) is 3. The van der Waals surface area contributed by atoms with Gasteiger partial charge >= 0.3 is 0 Å². The highest BCUT2D eigenvalue weighted by atomic mass is 16.5. The second kappa shape index (κ2) is 8.58. The fraction of sp³-hybridized carbons (Fsp3) is 0.261. The van der Waals surface area contributed by atoms with Crippen LogP contribution in [0.3, 0.4) is 0 Å². The second-order valence-electron chi connectivity index (χ2n) is 6.62. The molecule has 3 aromatic rings. The summed E-state index contributed by atoms with van der Waals surface area (Å²) >= 11 is 0. The van der Waals surface area contributed by atoms with E-state index in [1.165, 1.54) is 0 Å². The summed E-state index contributed by atoms with van der Waals surface area (Å²) in [4.78, 5) is 12.1. The van der Waals surface area contributed by atoms with Crippen molar-refractivity contribution in [2.24, 2.45) is 0 Å². The Bertz CT molecular complexity index is 944. The number of fused-ring (bicyclic) bond motifs is 1. The van der Waals surface area contributed by atoms with Crippen LogP contribution in [-0.2, 0) is 4.79 Å². The molecule has 0 heterocycles. The maximum absolute atomic E-state index is 12.1. The summed E-state index contributed by atoms with van der Waals surface area (Å²) in [6.45, 7) is 6.86. The van der Waals surface area contributed by atoms with Gasteiger partial charge in [-0.15, -0.1) is 0 Å². The maximum Gasteiger partial charge on any atom is 0.258 e. The number of aryl methyl sites for hydroxylation is 2. The minimum absolute atomic E-state index is 0.000594. The van der Waals surface area contributed by atoms with Gasteiger partial charge in [0.25, 0.3) is 5.91 Å². The van der Waals surface area contributed by atoms with Crippen molar-refractivity contribution in [1.29, 1.82) is 0 Å². The summed E-state index contributed by atoms with van der Waals surface area (Å²) in [5.41, 5.74) is 3.26. The normalized spacial score (nSPS) is 10.6. The van der Waals surface area contributed by atoms with E-state index in [1.807, 2.05) is 57.2 Å². The number of amides is 1. The Kier molecular flexibility index (Phi) is 5.97. The molecule has 0 aromatic heterocycles. The molecule has 3 aromatic carbocycles. The van der Waals surface area contributed by atoms with Crippen molar-refractivity contribution in [3.63, 3.8) is 0 Å². The van der Waals surface area contributed by atoms with Crippen LogP contribution in [0.25, 0.3) is 10.8 Å². The first kappa shape index (κ1) is 18.8. The first-order chi connectivity index (χ1) is 13.1. The lowest BCUT2D eigenvalue weighted by Crippen LogP contribution is -2.32. The average Bonchev–Trinajstić information content (AvgIpc) is 2.68. The summed E-state index contributed by atoms with van der Waals surface area (Å²) in [5.74, 6) is 1.46. The Morgan fingerprint density at radius 3 is 2.48 bits per heavy atom. The number of benzene rings is 3. The number of hydrogen-bond donors (Lipinski definition) is 1. The molecule has 27 heavy (non-hydrogen) atoms. The molecule has 0 aliphatic heterocycles. The molecule has 0 atom stereocenters. The van der Waals surface area contributed by atoms with E-state index >= 15 is 0 Å². The standard InChI is InChI=1S/C23H25NO3/c1-16-11-12-17(2)23(18(16)3)27-15-22(25)24-13-14-26-21-10-6-8-19-7-4-5-9-20(19)21/h4-12H,13-15H2,1-3H3,(H,24,25). The predicted octanol–water partition coefficient (Wildman–Crippen LogP) is 4.34. The molecule has 0 spiro atoms. The van der Waals surface area contributed by atoms with Gasteiger partial charge in [-0.2, -0.15) is 0 Å². The van der Waals surface area contributed by atoms with Crippen LogP contribution < -0.4 is 14.8 Å². The molecule has 0 radical (unpaired) electrons. The van der Waals surface area contributed by atoms with Crippen LogP contribution in [0.15, 0.2) is 54.6 Å². The van der Waals surface area contributed by atoms with E-state index in [0.29, 0.717) is 13.2 Å². The molecule has 0 fully saturated rings. The van der Waals surface area contributed by atoms with Crippen molar-refractivity contribution in [2.75, 3.05) is 19.8 Å². The van der Waals surface area contributed by atoms with Crippen molar-refractivity contribution in [2.45, 2.75) is 20.8 Å². The van der Waals surface area contributed by atoms with Gasteiger partial charge in [0.2, 0.25) is 0 Å². The van der Waals surface area contributed by atoms with Crippen molar-refractivity contribution in [3.8, 4) is 11.5 Å². The van der Waals surface area contributed by atoms with Gasteiger partial charge in [0.05, 0.1) is 6.54 Å². The summed E-state index contributed by atoms with van der Waals surface area (Å²) in [6, 6.07) is 18.1. The van der Waals surface area contributed by atoms with Gasteiger partial charge in [-0.3, -0.25) is 4.79 Å². The maximum atomic E-state index is 12.1. The zero-order chi connectivity index (χ0) is 19.2. The molecule has 0 saturated carbocycles. The minimum Gasteiger partial charge on any atom is -0.491 e. The van der Waals surface area contributed by atoms with Gasteiger partial charge in [-0.1, -0.05) is 48.5 Å². The van der Waals surface area contributed by atoms with Gasteiger partial charge in [0.15, 0.2) is 6.61 Å². The van der Waals surface area contributed by atoms with E-state index in [4.69, 9.17) is 9.47 Å². The van der Waals surface area contributed by atoms with Crippen LogP contribution in [0.2, 0.25) is 0 Å². The first-order valence-electron chi connectivity index (χ1n) is 9.13. The lowest BCUT2D eigenvalue weighted by Gasteiger charge is -2.14. The molecule has 0 bridgehead atoms. The largest absolute Gasteiger partial charge is 0.491 e. The Labute approximate surface area is 160 Å². The smallest absolute Gasteiger partial charge is 0.258 e. The lowest BCUT2D eigenvalue weighted by molar-refractivity contribution is -0.123. The summed E-state index contributed by atoms with van der Waals surface area (Å²) in [5, 5.41) is 5.04. The highest BCUT2D eigenvalue weighted by Crippen LogP contribution is 2.26. The van der Waals surface area contributed by atoms with Gasteiger partial charge in [0.1, 0.15) is 18.1 Å². The number of nitrogens with one attached hydrogen (secondary N) is 1. The van der Waals surface area contributed by atoms with Gasteiger partial charge in [-0.05, 0) is 48.9 Å².